The van der Waals surface area contributed by atoms with E-state index in [1.54, 1.807) is 10.6 Å². The van der Waals surface area contributed by atoms with Crippen LogP contribution in [0.25, 0.3) is 11.3 Å². The van der Waals surface area contributed by atoms with Gasteiger partial charge in [-0.2, -0.15) is 5.26 Å². The first-order valence-corrected chi connectivity index (χ1v) is 10.6. The second-order valence-corrected chi connectivity index (χ2v) is 8.16. The van der Waals surface area contributed by atoms with Crippen molar-refractivity contribution in [3.05, 3.63) is 62.7 Å². The molecule has 0 atom stereocenters. The molecule has 2 aromatic heterocycles. The second kappa shape index (κ2) is 8.55. The van der Waals surface area contributed by atoms with Crippen molar-refractivity contribution < 1.29 is 14.0 Å². The van der Waals surface area contributed by atoms with Crippen LogP contribution in [0, 0.1) is 17.1 Å². The molecule has 0 radical (unpaired) electrons. The number of fused-ring (bicyclic) bond motifs is 1. The average molecular weight is 437 g/mol. The van der Waals surface area contributed by atoms with Crippen molar-refractivity contribution in [2.24, 2.45) is 0 Å². The zero-order chi connectivity index (χ0) is 23.0. The molecule has 0 spiro atoms. The van der Waals surface area contributed by atoms with Gasteiger partial charge in [0, 0.05) is 43.6 Å². The molecule has 8 nitrogen and oxygen atoms in total. The molecule has 1 aliphatic rings. The highest BCUT2D eigenvalue weighted by Gasteiger charge is 2.25. The van der Waals surface area contributed by atoms with Gasteiger partial charge in [-0.3, -0.25) is 14.3 Å². The molecule has 9 heteroatoms. The molecule has 3 aromatic rings. The highest BCUT2D eigenvalue weighted by atomic mass is 19.1. The summed E-state index contributed by atoms with van der Waals surface area (Å²) in [5.41, 5.74) is 2.19. The van der Waals surface area contributed by atoms with Gasteiger partial charge in [-0.25, -0.2) is 9.37 Å². The van der Waals surface area contributed by atoms with Crippen LogP contribution in [0.5, 0.6) is 5.75 Å². The zero-order valence-electron chi connectivity index (χ0n) is 18.2. The minimum Gasteiger partial charge on any atom is -0.505 e. The number of aromatic nitrogens is 3. The van der Waals surface area contributed by atoms with Gasteiger partial charge in [-0.15, -0.1) is 0 Å². The number of halogens is 1. The first kappa shape index (κ1) is 21.7. The molecule has 0 saturated carbocycles. The van der Waals surface area contributed by atoms with Crippen LogP contribution in [0.2, 0.25) is 0 Å². The van der Waals surface area contributed by atoms with Crippen LogP contribution < -0.4 is 5.56 Å². The smallest absolute Gasteiger partial charge is 0.258 e. The lowest BCUT2D eigenvalue weighted by Crippen LogP contribution is -2.42. The largest absolute Gasteiger partial charge is 0.505 e. The molecule has 32 heavy (non-hydrogen) atoms. The summed E-state index contributed by atoms with van der Waals surface area (Å²) in [4.78, 5) is 20.4. The molecule has 0 amide bonds. The highest BCUT2D eigenvalue weighted by Crippen LogP contribution is 2.30. The minimum atomic E-state index is -0.889. The SMILES string of the molecule is CCc1nc2c(c(=O)n1Cc1cc(-c3cc(O)c(F)cc3C#N)on1)CN(C(C)C)CC2. The molecule has 1 aliphatic heterocycles. The lowest BCUT2D eigenvalue weighted by Gasteiger charge is -2.31. The molecule has 0 bridgehead atoms. The molecule has 0 fully saturated rings. The Morgan fingerprint density at radius 2 is 2.12 bits per heavy atom. The van der Waals surface area contributed by atoms with E-state index >= 15 is 0 Å². The van der Waals surface area contributed by atoms with Crippen molar-refractivity contribution in [3.8, 4) is 23.1 Å². The maximum atomic E-state index is 13.6. The van der Waals surface area contributed by atoms with Crippen molar-refractivity contribution in [3.63, 3.8) is 0 Å². The Bertz CT molecular complexity index is 1270. The average Bonchev–Trinajstić information content (AvgIpc) is 3.25. The standard InChI is InChI=1S/C23H24FN5O3/c1-4-22-26-19-5-6-28(13(2)3)12-17(19)23(31)29(22)11-15-8-21(32-27-15)16-9-20(30)18(24)7-14(16)10-25/h7-9,13,30H,4-6,11-12H2,1-3H3. The Balaban J connectivity index is 1.70. The highest BCUT2D eigenvalue weighted by molar-refractivity contribution is 5.68. The van der Waals surface area contributed by atoms with E-state index in [2.05, 4.69) is 23.9 Å². The molecule has 0 saturated heterocycles. The van der Waals surface area contributed by atoms with Gasteiger partial charge in [0.2, 0.25) is 0 Å². The summed E-state index contributed by atoms with van der Waals surface area (Å²) in [5, 5.41) is 23.0. The summed E-state index contributed by atoms with van der Waals surface area (Å²) in [6.07, 6.45) is 1.33. The van der Waals surface area contributed by atoms with Crippen molar-refractivity contribution >= 4 is 0 Å². The summed E-state index contributed by atoms with van der Waals surface area (Å²) >= 11 is 0. The molecule has 0 aliphatic carbocycles. The Labute approximate surface area is 184 Å². The lowest BCUT2D eigenvalue weighted by atomic mass is 10.0. The fraction of sp³-hybridized carbons (Fsp3) is 0.391. The monoisotopic (exact) mass is 437 g/mol. The molecule has 1 aromatic carbocycles. The third kappa shape index (κ3) is 3.89. The molecule has 0 unspecified atom stereocenters. The Hall–Kier alpha value is -3.51. The molecule has 4 rings (SSSR count). The van der Waals surface area contributed by atoms with Crippen LogP contribution in [0.3, 0.4) is 0 Å². The fourth-order valence-electron chi connectivity index (χ4n) is 3.99. The topological polar surface area (TPSA) is 108 Å². The second-order valence-electron chi connectivity index (χ2n) is 8.16. The molecular weight excluding hydrogens is 413 g/mol. The van der Waals surface area contributed by atoms with Gasteiger partial charge in [-0.1, -0.05) is 12.1 Å². The number of nitrogens with zero attached hydrogens (tertiary/aromatic N) is 5. The summed E-state index contributed by atoms with van der Waals surface area (Å²) in [6.45, 7) is 7.76. The zero-order valence-corrected chi connectivity index (χ0v) is 18.2. The first-order chi connectivity index (χ1) is 15.3. The van der Waals surface area contributed by atoms with Crippen molar-refractivity contribution in [2.45, 2.75) is 52.7 Å². The van der Waals surface area contributed by atoms with E-state index in [0.29, 0.717) is 36.1 Å². The molecule has 3 heterocycles. The van der Waals surface area contributed by atoms with Crippen LogP contribution in [-0.4, -0.2) is 37.3 Å². The van der Waals surface area contributed by atoms with Gasteiger partial charge >= 0.3 is 0 Å². The van der Waals surface area contributed by atoms with Crippen molar-refractivity contribution in [1.82, 2.24) is 19.6 Å². The number of hydrogen-bond acceptors (Lipinski definition) is 7. The predicted octanol–water partition coefficient (Wildman–Crippen LogP) is 2.99. The number of rotatable bonds is 5. The van der Waals surface area contributed by atoms with Crippen LogP contribution in [0.1, 0.15) is 49.1 Å². The van der Waals surface area contributed by atoms with Crippen molar-refractivity contribution in [1.29, 1.82) is 5.26 Å². The fourth-order valence-corrected chi connectivity index (χ4v) is 3.99. The maximum Gasteiger partial charge on any atom is 0.258 e. The van der Waals surface area contributed by atoms with Crippen LogP contribution in [0.4, 0.5) is 4.39 Å². The number of phenolic OH excluding ortho intramolecular Hbond substituents is 1. The number of benzene rings is 1. The van der Waals surface area contributed by atoms with E-state index in [1.807, 2.05) is 13.0 Å². The van der Waals surface area contributed by atoms with E-state index in [0.717, 1.165) is 30.8 Å². The number of phenols is 1. The molecule has 166 valence electrons. The van der Waals surface area contributed by atoms with Gasteiger partial charge in [0.1, 0.15) is 17.6 Å². The summed E-state index contributed by atoms with van der Waals surface area (Å²) in [6, 6.07) is 5.88. The Morgan fingerprint density at radius 3 is 2.81 bits per heavy atom. The number of aromatic hydroxyl groups is 1. The number of aryl methyl sites for hydroxylation is 1. The normalized spacial score (nSPS) is 13.9. The van der Waals surface area contributed by atoms with Gasteiger partial charge in [0.15, 0.2) is 17.3 Å². The van der Waals surface area contributed by atoms with Gasteiger partial charge in [0.05, 0.1) is 23.4 Å². The molecule has 1 N–H and O–H groups in total. The van der Waals surface area contributed by atoms with Crippen LogP contribution in [-0.2, 0) is 25.9 Å². The van der Waals surface area contributed by atoms with E-state index in [9.17, 15) is 19.6 Å². The summed E-state index contributed by atoms with van der Waals surface area (Å²) < 4.78 is 20.6. The van der Waals surface area contributed by atoms with Crippen LogP contribution >= 0.6 is 0 Å². The quantitative estimate of drug-likeness (QED) is 0.654. The van der Waals surface area contributed by atoms with E-state index in [-0.39, 0.29) is 29.0 Å². The maximum absolute atomic E-state index is 13.6. The van der Waals surface area contributed by atoms with E-state index < -0.39 is 11.6 Å². The first-order valence-electron chi connectivity index (χ1n) is 10.6. The van der Waals surface area contributed by atoms with Crippen LogP contribution in [0.15, 0.2) is 27.5 Å². The van der Waals surface area contributed by atoms with Gasteiger partial charge in [-0.05, 0) is 26.0 Å². The third-order valence-electron chi connectivity index (χ3n) is 5.82. The van der Waals surface area contributed by atoms with Gasteiger partial charge < -0.3 is 9.63 Å². The van der Waals surface area contributed by atoms with Crippen molar-refractivity contribution in [2.75, 3.05) is 6.54 Å². The number of nitriles is 1. The third-order valence-corrected chi connectivity index (χ3v) is 5.82. The summed E-state index contributed by atoms with van der Waals surface area (Å²) in [7, 11) is 0. The van der Waals surface area contributed by atoms with Gasteiger partial charge in [0.25, 0.3) is 5.56 Å². The Kier molecular flexibility index (Phi) is 5.80. The lowest BCUT2D eigenvalue weighted by molar-refractivity contribution is 0.199. The van der Waals surface area contributed by atoms with E-state index in [1.165, 1.54) is 0 Å². The number of hydrogen-bond donors (Lipinski definition) is 1. The Morgan fingerprint density at radius 1 is 1.34 bits per heavy atom. The predicted molar refractivity (Wildman–Crippen MR) is 115 cm³/mol. The minimum absolute atomic E-state index is 0.0126. The summed E-state index contributed by atoms with van der Waals surface area (Å²) in [5.74, 6) is -0.599. The molecular formula is C23H24FN5O3. The van der Waals surface area contributed by atoms with E-state index in [4.69, 9.17) is 9.51 Å².